The van der Waals surface area contributed by atoms with Crippen LogP contribution in [0, 0.1) is 13.8 Å². The van der Waals surface area contributed by atoms with Gasteiger partial charge in [0, 0.05) is 23.5 Å². The molecule has 0 radical (unpaired) electrons. The molecule has 0 spiro atoms. The first kappa shape index (κ1) is 17.0. The minimum absolute atomic E-state index is 0.0464. The van der Waals surface area contributed by atoms with Gasteiger partial charge in [0.25, 0.3) is 5.91 Å². The molecule has 24 heavy (non-hydrogen) atoms. The highest BCUT2D eigenvalue weighted by Gasteiger charge is 2.30. The fourth-order valence-corrected chi connectivity index (χ4v) is 4.94. The first-order valence-electron chi connectivity index (χ1n) is 8.12. The van der Waals surface area contributed by atoms with Gasteiger partial charge >= 0.3 is 5.97 Å². The van der Waals surface area contributed by atoms with E-state index in [1.807, 2.05) is 13.8 Å². The van der Waals surface area contributed by atoms with E-state index in [1.165, 1.54) is 0 Å². The zero-order chi connectivity index (χ0) is 17.5. The maximum absolute atomic E-state index is 12.2. The van der Waals surface area contributed by atoms with E-state index in [0.29, 0.717) is 18.0 Å². The lowest BCUT2D eigenvalue weighted by Crippen LogP contribution is -2.38. The number of hydrogen-bond donors (Lipinski definition) is 1. The number of nitrogens with zero attached hydrogens (tertiary/aromatic N) is 1. The molecule has 1 saturated heterocycles. The Morgan fingerprint density at radius 3 is 2.58 bits per heavy atom. The van der Waals surface area contributed by atoms with Gasteiger partial charge in [0.2, 0.25) is 0 Å². The van der Waals surface area contributed by atoms with Crippen molar-refractivity contribution in [2.45, 2.75) is 45.2 Å². The Balaban J connectivity index is 1.54. The predicted octanol–water partition coefficient (Wildman–Crippen LogP) is 0.900. The molecular weight excluding hydrogens is 332 g/mol. The van der Waals surface area contributed by atoms with E-state index in [2.05, 4.69) is 9.88 Å². The number of amides is 1. The summed E-state index contributed by atoms with van der Waals surface area (Å²) >= 11 is 0. The predicted molar refractivity (Wildman–Crippen MR) is 87.7 cm³/mol. The van der Waals surface area contributed by atoms with Crippen LogP contribution < -0.4 is 5.32 Å². The van der Waals surface area contributed by atoms with E-state index in [4.69, 9.17) is 4.74 Å². The third kappa shape index (κ3) is 3.63. The zero-order valence-corrected chi connectivity index (χ0v) is 14.7. The van der Waals surface area contributed by atoms with Gasteiger partial charge in [-0.15, -0.1) is 0 Å². The van der Waals surface area contributed by atoms with Crippen molar-refractivity contribution >= 4 is 21.7 Å². The van der Waals surface area contributed by atoms with Gasteiger partial charge in [0.1, 0.15) is 0 Å². The summed E-state index contributed by atoms with van der Waals surface area (Å²) in [5.74, 6) is -0.953. The number of esters is 1. The average Bonchev–Trinajstić information content (AvgIpc) is 3.20. The Morgan fingerprint density at radius 2 is 2.00 bits per heavy atom. The molecule has 8 heteroatoms. The standard InChI is InChI=1S/C16H22N2O5S/c1-10-7-14(11(2)18(10)13-3-4-13)16(20)23-8-15(19)17-12-5-6-24(21,22)9-12/h7,12-13H,3-6,8-9H2,1-2H3,(H,17,19). The summed E-state index contributed by atoms with van der Waals surface area (Å²) in [6.07, 6.45) is 2.65. The molecule has 132 valence electrons. The van der Waals surface area contributed by atoms with E-state index < -0.39 is 28.3 Å². The lowest BCUT2D eigenvalue weighted by atomic mass is 10.2. The number of hydrogen-bond acceptors (Lipinski definition) is 5. The maximum atomic E-state index is 12.2. The maximum Gasteiger partial charge on any atom is 0.340 e. The fraction of sp³-hybridized carbons (Fsp3) is 0.625. The minimum Gasteiger partial charge on any atom is -0.452 e. The quantitative estimate of drug-likeness (QED) is 0.793. The van der Waals surface area contributed by atoms with Gasteiger partial charge in [-0.2, -0.15) is 0 Å². The number of carbonyl (C=O) groups excluding carboxylic acids is 2. The first-order chi connectivity index (χ1) is 11.3. The highest BCUT2D eigenvalue weighted by atomic mass is 32.2. The highest BCUT2D eigenvalue weighted by Crippen LogP contribution is 2.38. The molecule has 1 N–H and O–H groups in total. The Morgan fingerprint density at radius 1 is 1.29 bits per heavy atom. The monoisotopic (exact) mass is 354 g/mol. The van der Waals surface area contributed by atoms with E-state index in [0.717, 1.165) is 24.2 Å². The van der Waals surface area contributed by atoms with Crippen LogP contribution in [0.3, 0.4) is 0 Å². The second-order valence-electron chi connectivity index (χ2n) is 6.63. The topological polar surface area (TPSA) is 94.5 Å². The van der Waals surface area contributed by atoms with Crippen molar-refractivity contribution < 1.29 is 22.7 Å². The van der Waals surface area contributed by atoms with Crippen LogP contribution in [-0.2, 0) is 19.4 Å². The van der Waals surface area contributed by atoms with Crippen molar-refractivity contribution in [1.29, 1.82) is 0 Å². The molecule has 1 aliphatic heterocycles. The van der Waals surface area contributed by atoms with Crippen molar-refractivity contribution in [3.63, 3.8) is 0 Å². The Labute approximate surface area is 141 Å². The molecule has 3 rings (SSSR count). The van der Waals surface area contributed by atoms with Gasteiger partial charge in [-0.1, -0.05) is 0 Å². The summed E-state index contributed by atoms with van der Waals surface area (Å²) < 4.78 is 30.0. The molecule has 7 nitrogen and oxygen atoms in total. The van der Waals surface area contributed by atoms with Crippen molar-refractivity contribution in [3.05, 3.63) is 23.0 Å². The molecule has 1 aliphatic carbocycles. The van der Waals surface area contributed by atoms with Crippen LogP contribution >= 0.6 is 0 Å². The Bertz CT molecular complexity index is 777. The van der Waals surface area contributed by atoms with Gasteiger partial charge in [-0.3, -0.25) is 4.79 Å². The number of aromatic nitrogens is 1. The van der Waals surface area contributed by atoms with Crippen LogP contribution in [0.4, 0.5) is 0 Å². The molecule has 0 aromatic carbocycles. The summed E-state index contributed by atoms with van der Waals surface area (Å²) in [4.78, 5) is 24.0. The molecule has 1 amide bonds. The van der Waals surface area contributed by atoms with Crippen molar-refractivity contribution in [3.8, 4) is 0 Å². The van der Waals surface area contributed by atoms with E-state index in [-0.39, 0.29) is 17.5 Å². The fourth-order valence-electron chi connectivity index (χ4n) is 3.27. The molecular formula is C16H22N2O5S. The molecule has 2 aliphatic rings. The summed E-state index contributed by atoms with van der Waals surface area (Å²) in [7, 11) is -3.05. The van der Waals surface area contributed by atoms with E-state index in [1.54, 1.807) is 6.07 Å². The number of ether oxygens (including phenoxy) is 1. The number of carbonyl (C=O) groups is 2. The summed E-state index contributed by atoms with van der Waals surface area (Å²) in [6.45, 7) is 3.43. The third-order valence-electron chi connectivity index (χ3n) is 4.55. The third-order valence-corrected chi connectivity index (χ3v) is 6.32. The van der Waals surface area contributed by atoms with Crippen molar-refractivity contribution in [2.75, 3.05) is 18.1 Å². The molecule has 2 fully saturated rings. The normalized spacial score (nSPS) is 22.3. The van der Waals surface area contributed by atoms with Gasteiger partial charge in [0.05, 0.1) is 17.1 Å². The largest absolute Gasteiger partial charge is 0.452 e. The van der Waals surface area contributed by atoms with Gasteiger partial charge in [-0.25, -0.2) is 13.2 Å². The van der Waals surface area contributed by atoms with E-state index in [9.17, 15) is 18.0 Å². The molecule has 1 aromatic heterocycles. The van der Waals surface area contributed by atoms with Crippen molar-refractivity contribution in [2.24, 2.45) is 0 Å². The molecule has 1 aromatic rings. The molecule has 1 atom stereocenters. The summed E-state index contributed by atoms with van der Waals surface area (Å²) in [6, 6.07) is 1.87. The van der Waals surface area contributed by atoms with Crippen LogP contribution in [0.2, 0.25) is 0 Å². The van der Waals surface area contributed by atoms with Crippen LogP contribution in [0.15, 0.2) is 6.07 Å². The summed E-state index contributed by atoms with van der Waals surface area (Å²) in [5, 5.41) is 2.60. The van der Waals surface area contributed by atoms with Crippen LogP contribution in [0.25, 0.3) is 0 Å². The van der Waals surface area contributed by atoms with Crippen LogP contribution in [0.1, 0.15) is 47.1 Å². The number of rotatable bonds is 5. The smallest absolute Gasteiger partial charge is 0.340 e. The minimum atomic E-state index is -3.05. The van der Waals surface area contributed by atoms with Crippen LogP contribution in [-0.4, -0.2) is 49.0 Å². The SMILES string of the molecule is Cc1cc(C(=O)OCC(=O)NC2CCS(=O)(=O)C2)c(C)n1C1CC1. The Hall–Kier alpha value is -1.83. The van der Waals surface area contributed by atoms with Crippen molar-refractivity contribution in [1.82, 2.24) is 9.88 Å². The number of nitrogens with one attached hydrogen (secondary N) is 1. The molecule has 1 saturated carbocycles. The lowest BCUT2D eigenvalue weighted by molar-refractivity contribution is -0.124. The van der Waals surface area contributed by atoms with Crippen LogP contribution in [0.5, 0.6) is 0 Å². The van der Waals surface area contributed by atoms with Gasteiger partial charge < -0.3 is 14.6 Å². The average molecular weight is 354 g/mol. The van der Waals surface area contributed by atoms with Gasteiger partial charge in [0.15, 0.2) is 16.4 Å². The first-order valence-corrected chi connectivity index (χ1v) is 9.94. The Kier molecular flexibility index (Phi) is 4.42. The summed E-state index contributed by atoms with van der Waals surface area (Å²) in [5.41, 5.74) is 2.36. The van der Waals surface area contributed by atoms with E-state index >= 15 is 0 Å². The number of sulfone groups is 1. The number of aryl methyl sites for hydroxylation is 1. The molecule has 2 heterocycles. The molecule has 0 bridgehead atoms. The second kappa shape index (κ2) is 6.23. The highest BCUT2D eigenvalue weighted by molar-refractivity contribution is 7.91. The zero-order valence-electron chi connectivity index (χ0n) is 13.9. The molecule has 1 unspecified atom stereocenters. The lowest BCUT2D eigenvalue weighted by Gasteiger charge is -2.11. The van der Waals surface area contributed by atoms with Gasteiger partial charge in [-0.05, 0) is 39.2 Å². The second-order valence-corrected chi connectivity index (χ2v) is 8.86.